The lowest BCUT2D eigenvalue weighted by molar-refractivity contribution is -0.143. The van der Waals surface area contributed by atoms with Gasteiger partial charge >= 0.3 is 5.97 Å². The van der Waals surface area contributed by atoms with Gasteiger partial charge in [-0.2, -0.15) is 0 Å². The molecule has 0 bridgehead atoms. The third-order valence-corrected chi connectivity index (χ3v) is 2.80. The molecule has 0 saturated carbocycles. The Morgan fingerprint density at radius 2 is 2.00 bits per heavy atom. The highest BCUT2D eigenvalue weighted by Crippen LogP contribution is 2.09. The highest BCUT2D eigenvalue weighted by molar-refractivity contribution is 5.94. The number of hydrogen-bond acceptors (Lipinski definition) is 4. The van der Waals surface area contributed by atoms with E-state index < -0.39 is 23.7 Å². The molecule has 0 aliphatic rings. The van der Waals surface area contributed by atoms with Gasteiger partial charge in [0.15, 0.2) is 5.76 Å². The molecule has 2 amide bonds. The van der Waals surface area contributed by atoms with Crippen molar-refractivity contribution in [1.82, 2.24) is 10.6 Å². The van der Waals surface area contributed by atoms with Gasteiger partial charge < -0.3 is 20.2 Å². The Hall–Kier alpha value is -2.31. The van der Waals surface area contributed by atoms with Gasteiger partial charge in [0.05, 0.1) is 18.7 Å². The third-order valence-electron chi connectivity index (χ3n) is 2.80. The zero-order valence-corrected chi connectivity index (χ0v) is 11.4. The van der Waals surface area contributed by atoms with Gasteiger partial charge in [-0.05, 0) is 18.1 Å². The second kappa shape index (κ2) is 7.32. The zero-order valence-electron chi connectivity index (χ0n) is 11.4. The fraction of sp³-hybridized carbons (Fsp3) is 0.462. The average Bonchev–Trinajstić information content (AvgIpc) is 2.89. The van der Waals surface area contributed by atoms with Crippen LogP contribution in [0.3, 0.4) is 0 Å². The Kier molecular flexibility index (Phi) is 5.76. The highest BCUT2D eigenvalue weighted by atomic mass is 16.4. The van der Waals surface area contributed by atoms with Crippen molar-refractivity contribution < 1.29 is 23.9 Å². The molecule has 1 aromatic rings. The molecule has 20 heavy (non-hydrogen) atoms. The van der Waals surface area contributed by atoms with Crippen LogP contribution in [0.25, 0.3) is 0 Å². The predicted molar refractivity (Wildman–Crippen MR) is 70.0 cm³/mol. The first kappa shape index (κ1) is 15.7. The van der Waals surface area contributed by atoms with E-state index in [4.69, 9.17) is 9.52 Å². The quantitative estimate of drug-likeness (QED) is 0.674. The minimum Gasteiger partial charge on any atom is -0.481 e. The minimum absolute atomic E-state index is 0.0302. The molecule has 1 rings (SSSR count). The van der Waals surface area contributed by atoms with E-state index in [0.29, 0.717) is 0 Å². The van der Waals surface area contributed by atoms with E-state index in [1.807, 2.05) is 0 Å². The van der Waals surface area contributed by atoms with Crippen molar-refractivity contribution in [3.63, 3.8) is 0 Å². The van der Waals surface area contributed by atoms with Crippen molar-refractivity contribution in [2.24, 2.45) is 11.8 Å². The molecular formula is C13H18N2O5. The van der Waals surface area contributed by atoms with Crippen molar-refractivity contribution in [2.75, 3.05) is 13.1 Å². The molecule has 0 saturated heterocycles. The first-order valence-electron chi connectivity index (χ1n) is 6.23. The molecule has 0 aromatic carbocycles. The highest BCUT2D eigenvalue weighted by Gasteiger charge is 2.22. The summed E-state index contributed by atoms with van der Waals surface area (Å²) < 4.78 is 4.87. The molecule has 0 radical (unpaired) electrons. The van der Waals surface area contributed by atoms with E-state index in [1.54, 1.807) is 19.9 Å². The Morgan fingerprint density at radius 3 is 2.50 bits per heavy atom. The van der Waals surface area contributed by atoms with Gasteiger partial charge in [-0.25, -0.2) is 0 Å². The van der Waals surface area contributed by atoms with E-state index >= 15 is 0 Å². The van der Waals surface area contributed by atoms with E-state index in [0.717, 1.165) is 0 Å². The van der Waals surface area contributed by atoms with Crippen molar-refractivity contribution in [3.05, 3.63) is 24.2 Å². The maximum Gasteiger partial charge on any atom is 0.308 e. The van der Waals surface area contributed by atoms with Crippen LogP contribution < -0.4 is 10.6 Å². The van der Waals surface area contributed by atoms with E-state index in [-0.39, 0.29) is 24.8 Å². The van der Waals surface area contributed by atoms with Gasteiger partial charge in [-0.15, -0.1) is 0 Å². The zero-order chi connectivity index (χ0) is 15.1. The Labute approximate surface area is 116 Å². The molecule has 1 aromatic heterocycles. The lowest BCUT2D eigenvalue weighted by Crippen LogP contribution is -2.41. The van der Waals surface area contributed by atoms with E-state index in [1.165, 1.54) is 12.3 Å². The lowest BCUT2D eigenvalue weighted by Gasteiger charge is -2.16. The molecule has 7 nitrogen and oxygen atoms in total. The van der Waals surface area contributed by atoms with Crippen LogP contribution in [0.4, 0.5) is 0 Å². The van der Waals surface area contributed by atoms with Gasteiger partial charge in [-0.3, -0.25) is 14.4 Å². The van der Waals surface area contributed by atoms with Gasteiger partial charge in [0.25, 0.3) is 5.91 Å². The number of amides is 2. The first-order chi connectivity index (χ1) is 9.41. The van der Waals surface area contributed by atoms with Crippen molar-refractivity contribution in [1.29, 1.82) is 0 Å². The first-order valence-corrected chi connectivity index (χ1v) is 6.23. The molecule has 3 N–H and O–H groups in total. The van der Waals surface area contributed by atoms with Crippen molar-refractivity contribution in [2.45, 2.75) is 13.8 Å². The van der Waals surface area contributed by atoms with Gasteiger partial charge in [0, 0.05) is 6.54 Å². The molecule has 0 fully saturated rings. The summed E-state index contributed by atoms with van der Waals surface area (Å²) in [4.78, 5) is 33.9. The topological polar surface area (TPSA) is 109 Å². The Balaban J connectivity index is 2.33. The molecule has 0 aliphatic carbocycles. The van der Waals surface area contributed by atoms with E-state index in [2.05, 4.69) is 10.6 Å². The summed E-state index contributed by atoms with van der Waals surface area (Å²) in [6.07, 6.45) is 1.36. The summed E-state index contributed by atoms with van der Waals surface area (Å²) >= 11 is 0. The molecule has 0 aliphatic heterocycles. The molecule has 1 atom stereocenters. The summed E-state index contributed by atoms with van der Waals surface area (Å²) in [7, 11) is 0. The number of nitrogens with one attached hydrogen (secondary N) is 2. The van der Waals surface area contributed by atoms with E-state index in [9.17, 15) is 14.4 Å². The van der Waals surface area contributed by atoms with Crippen LogP contribution in [0.1, 0.15) is 24.4 Å². The van der Waals surface area contributed by atoms with Gasteiger partial charge in [0.2, 0.25) is 5.91 Å². The molecule has 0 spiro atoms. The van der Waals surface area contributed by atoms with Crippen LogP contribution in [0.5, 0.6) is 0 Å². The van der Waals surface area contributed by atoms with Crippen LogP contribution in [-0.2, 0) is 9.59 Å². The second-order valence-corrected chi connectivity index (χ2v) is 4.65. The van der Waals surface area contributed by atoms with Crippen LogP contribution in [0.15, 0.2) is 22.8 Å². The molecule has 7 heteroatoms. The number of carboxylic acid groups (broad SMARTS) is 1. The van der Waals surface area contributed by atoms with Crippen LogP contribution in [0.2, 0.25) is 0 Å². The Bertz CT molecular complexity index is 467. The number of hydrogen-bond donors (Lipinski definition) is 3. The second-order valence-electron chi connectivity index (χ2n) is 4.65. The number of aliphatic carboxylic acids is 1. The Morgan fingerprint density at radius 1 is 1.30 bits per heavy atom. The number of carbonyl (C=O) groups excluding carboxylic acids is 2. The summed E-state index contributed by atoms with van der Waals surface area (Å²) in [6.45, 7) is 3.33. The number of furan rings is 1. The largest absolute Gasteiger partial charge is 0.481 e. The van der Waals surface area contributed by atoms with Crippen LogP contribution in [0, 0.1) is 11.8 Å². The smallest absolute Gasteiger partial charge is 0.308 e. The molecular weight excluding hydrogens is 264 g/mol. The average molecular weight is 282 g/mol. The molecule has 1 heterocycles. The van der Waals surface area contributed by atoms with Crippen molar-refractivity contribution in [3.8, 4) is 0 Å². The number of carbonyl (C=O) groups is 3. The fourth-order valence-corrected chi connectivity index (χ4v) is 1.55. The SMILES string of the molecule is CC(C)C(CNC(=O)CNC(=O)c1ccco1)C(=O)O. The third kappa shape index (κ3) is 4.75. The fourth-order valence-electron chi connectivity index (χ4n) is 1.55. The van der Waals surface area contributed by atoms with Crippen LogP contribution in [-0.4, -0.2) is 36.0 Å². The van der Waals surface area contributed by atoms with Crippen molar-refractivity contribution >= 4 is 17.8 Å². The maximum absolute atomic E-state index is 11.5. The summed E-state index contributed by atoms with van der Waals surface area (Å²) in [6, 6.07) is 3.04. The maximum atomic E-state index is 11.5. The summed E-state index contributed by atoms with van der Waals surface area (Å²) in [5.41, 5.74) is 0. The number of rotatable bonds is 7. The van der Waals surface area contributed by atoms with Gasteiger partial charge in [0.1, 0.15) is 0 Å². The lowest BCUT2D eigenvalue weighted by atomic mass is 9.96. The number of carboxylic acids is 1. The normalized spacial score (nSPS) is 11.9. The summed E-state index contributed by atoms with van der Waals surface area (Å²) in [5.74, 6) is -2.53. The molecule has 1 unspecified atom stereocenters. The standard InChI is InChI=1S/C13H18N2O5/c1-8(2)9(13(18)19)6-14-11(16)7-15-12(17)10-4-3-5-20-10/h3-5,8-9H,6-7H2,1-2H3,(H,14,16)(H,15,17)(H,18,19). The van der Waals surface area contributed by atoms with Gasteiger partial charge in [-0.1, -0.05) is 13.8 Å². The monoisotopic (exact) mass is 282 g/mol. The van der Waals surface area contributed by atoms with Crippen LogP contribution >= 0.6 is 0 Å². The minimum atomic E-state index is -0.958. The molecule has 110 valence electrons. The summed E-state index contributed by atoms with van der Waals surface area (Å²) in [5, 5.41) is 13.8. The predicted octanol–water partition coefficient (Wildman–Crippen LogP) is 0.482.